The molecule has 8 heteroatoms. The maximum atomic E-state index is 14.1. The highest BCUT2D eigenvalue weighted by Gasteiger charge is 2.30. The molecule has 1 atom stereocenters. The Kier molecular flexibility index (Phi) is 5.45. The van der Waals surface area contributed by atoms with E-state index in [4.69, 9.17) is 0 Å². The van der Waals surface area contributed by atoms with Crippen LogP contribution in [-0.4, -0.2) is 29.4 Å². The first-order valence-electron chi connectivity index (χ1n) is 10.7. The maximum Gasteiger partial charge on any atom is 0.256 e. The average molecular weight is 463 g/mol. The fourth-order valence-electron chi connectivity index (χ4n) is 4.50. The van der Waals surface area contributed by atoms with Crippen molar-refractivity contribution in [2.24, 2.45) is 0 Å². The topological polar surface area (TPSA) is 65.2 Å². The van der Waals surface area contributed by atoms with E-state index < -0.39 is 23.2 Å². The van der Waals surface area contributed by atoms with E-state index in [9.17, 15) is 22.8 Å². The Morgan fingerprint density at radius 1 is 0.941 bits per heavy atom. The number of carbonyl (C=O) groups excluding carboxylic acids is 1. The first-order valence-corrected chi connectivity index (χ1v) is 10.7. The number of hydrogen-bond donors (Lipinski definition) is 2. The summed E-state index contributed by atoms with van der Waals surface area (Å²) in [5, 5.41) is 3.48. The number of rotatable bonds is 3. The number of benzene rings is 3. The number of aromatic nitrogens is 1. The van der Waals surface area contributed by atoms with Gasteiger partial charge in [0.1, 0.15) is 5.82 Å². The van der Waals surface area contributed by atoms with Gasteiger partial charge in [-0.2, -0.15) is 0 Å². The van der Waals surface area contributed by atoms with Gasteiger partial charge in [-0.3, -0.25) is 9.59 Å². The molecular formula is C26H20F3N3O2. The summed E-state index contributed by atoms with van der Waals surface area (Å²) in [6.45, 7) is 0.705. The van der Waals surface area contributed by atoms with Crippen LogP contribution in [0.2, 0.25) is 0 Å². The van der Waals surface area contributed by atoms with Crippen molar-refractivity contribution >= 4 is 16.7 Å². The monoisotopic (exact) mass is 463 g/mol. The van der Waals surface area contributed by atoms with Gasteiger partial charge >= 0.3 is 0 Å². The Morgan fingerprint density at radius 2 is 1.65 bits per heavy atom. The third kappa shape index (κ3) is 3.76. The van der Waals surface area contributed by atoms with Gasteiger partial charge in [-0.05, 0) is 52.9 Å². The molecule has 2 N–H and O–H groups in total. The van der Waals surface area contributed by atoms with Crippen LogP contribution in [0.3, 0.4) is 0 Å². The van der Waals surface area contributed by atoms with Gasteiger partial charge in [-0.25, -0.2) is 13.2 Å². The largest absolute Gasteiger partial charge is 0.333 e. The van der Waals surface area contributed by atoms with Gasteiger partial charge in [0.15, 0.2) is 11.6 Å². The van der Waals surface area contributed by atoms with Crippen molar-refractivity contribution in [2.75, 3.05) is 13.6 Å². The van der Waals surface area contributed by atoms with Gasteiger partial charge in [0.25, 0.3) is 11.5 Å². The van der Waals surface area contributed by atoms with Crippen LogP contribution >= 0.6 is 0 Å². The van der Waals surface area contributed by atoms with Crippen molar-refractivity contribution in [3.05, 3.63) is 105 Å². The molecule has 1 aromatic heterocycles. The second-order valence-electron chi connectivity index (χ2n) is 8.31. The molecule has 0 aliphatic carbocycles. The lowest BCUT2D eigenvalue weighted by molar-refractivity contribution is 0.0723. The van der Waals surface area contributed by atoms with E-state index in [2.05, 4.69) is 10.3 Å². The molecule has 0 saturated heterocycles. The highest BCUT2D eigenvalue weighted by molar-refractivity contribution is 5.95. The molecule has 5 rings (SSSR count). The Balaban J connectivity index is 1.51. The zero-order chi connectivity index (χ0) is 24.0. The smallest absolute Gasteiger partial charge is 0.256 e. The van der Waals surface area contributed by atoms with Crippen molar-refractivity contribution in [3.8, 4) is 11.1 Å². The zero-order valence-electron chi connectivity index (χ0n) is 18.2. The number of halogens is 3. The molecule has 0 radical (unpaired) electrons. The Bertz CT molecular complexity index is 1480. The summed E-state index contributed by atoms with van der Waals surface area (Å²) in [7, 11) is 1.63. The van der Waals surface area contributed by atoms with Crippen LogP contribution in [0, 0.1) is 17.5 Å². The van der Waals surface area contributed by atoms with Crippen LogP contribution in [0.1, 0.15) is 27.7 Å². The van der Waals surface area contributed by atoms with E-state index in [-0.39, 0.29) is 22.5 Å². The summed E-state index contributed by atoms with van der Waals surface area (Å²) < 4.78 is 41.5. The molecule has 0 saturated carbocycles. The minimum atomic E-state index is -1.11. The minimum Gasteiger partial charge on any atom is -0.333 e. The van der Waals surface area contributed by atoms with Crippen LogP contribution in [0.25, 0.3) is 21.9 Å². The normalized spacial score (nSPS) is 15.2. The molecule has 34 heavy (non-hydrogen) atoms. The number of fused-ring (bicyclic) bond motifs is 3. The molecular weight excluding hydrogens is 443 g/mol. The molecule has 3 aromatic carbocycles. The average Bonchev–Trinajstić information content (AvgIpc) is 2.84. The Labute approximate surface area is 192 Å². The third-order valence-corrected chi connectivity index (χ3v) is 6.24. The predicted molar refractivity (Wildman–Crippen MR) is 123 cm³/mol. The van der Waals surface area contributed by atoms with E-state index in [0.717, 1.165) is 17.7 Å². The van der Waals surface area contributed by atoms with Gasteiger partial charge in [0.2, 0.25) is 0 Å². The molecule has 0 spiro atoms. The number of H-pyrrole nitrogens is 1. The van der Waals surface area contributed by atoms with E-state index in [0.29, 0.717) is 35.5 Å². The minimum absolute atomic E-state index is 0.0323. The number of aromatic amines is 1. The number of nitrogens with one attached hydrogen (secondary N) is 2. The number of amides is 1. The second kappa shape index (κ2) is 8.46. The van der Waals surface area contributed by atoms with Crippen molar-refractivity contribution in [1.29, 1.82) is 0 Å². The van der Waals surface area contributed by atoms with Crippen molar-refractivity contribution < 1.29 is 18.0 Å². The summed E-state index contributed by atoms with van der Waals surface area (Å²) in [5.41, 5.74) is 2.48. The van der Waals surface area contributed by atoms with Crippen molar-refractivity contribution in [3.63, 3.8) is 0 Å². The van der Waals surface area contributed by atoms with Crippen molar-refractivity contribution in [2.45, 2.75) is 12.6 Å². The first-order chi connectivity index (χ1) is 16.3. The summed E-state index contributed by atoms with van der Waals surface area (Å²) >= 11 is 0. The van der Waals surface area contributed by atoms with E-state index in [1.54, 1.807) is 43.4 Å². The standard InChI is InChI=1S/C26H20F3N3O2/c1-32(26(34)15-7-5-14(6-8-15)16-3-2-4-17(27)9-16)23-13-30-12-22-24(23)18-10-20(28)21(29)11-19(18)25(33)31-22/h2-11,23,30H,12-13H2,1H3,(H,31,33)/t23-/m0/s1. The zero-order valence-corrected chi connectivity index (χ0v) is 18.2. The molecule has 0 bridgehead atoms. The third-order valence-electron chi connectivity index (χ3n) is 6.24. The highest BCUT2D eigenvalue weighted by Crippen LogP contribution is 2.33. The summed E-state index contributed by atoms with van der Waals surface area (Å²) in [6, 6.07) is 14.4. The number of hydrogen-bond acceptors (Lipinski definition) is 3. The highest BCUT2D eigenvalue weighted by atomic mass is 19.2. The van der Waals surface area contributed by atoms with Crippen LogP contribution in [0.5, 0.6) is 0 Å². The van der Waals surface area contributed by atoms with Gasteiger partial charge in [-0.15, -0.1) is 0 Å². The van der Waals surface area contributed by atoms with Crippen LogP contribution < -0.4 is 10.9 Å². The quantitative estimate of drug-likeness (QED) is 0.469. The number of carbonyl (C=O) groups is 1. The molecule has 0 fully saturated rings. The number of nitrogens with zero attached hydrogens (tertiary/aromatic N) is 1. The van der Waals surface area contributed by atoms with Gasteiger partial charge < -0.3 is 15.2 Å². The van der Waals surface area contributed by atoms with E-state index in [1.807, 2.05) is 0 Å². The maximum absolute atomic E-state index is 14.1. The fourth-order valence-corrected chi connectivity index (χ4v) is 4.50. The Morgan fingerprint density at radius 3 is 2.35 bits per heavy atom. The van der Waals surface area contributed by atoms with E-state index in [1.165, 1.54) is 17.0 Å². The van der Waals surface area contributed by atoms with Crippen molar-refractivity contribution in [1.82, 2.24) is 15.2 Å². The lowest BCUT2D eigenvalue weighted by Gasteiger charge is -2.34. The van der Waals surface area contributed by atoms with Crippen LogP contribution in [-0.2, 0) is 6.54 Å². The van der Waals surface area contributed by atoms with Gasteiger partial charge in [-0.1, -0.05) is 24.3 Å². The fraction of sp³-hybridized carbons (Fsp3) is 0.154. The van der Waals surface area contributed by atoms with Crippen LogP contribution in [0.4, 0.5) is 13.2 Å². The van der Waals surface area contributed by atoms with Gasteiger partial charge in [0.05, 0.1) is 11.4 Å². The molecule has 1 aliphatic rings. The molecule has 1 amide bonds. The predicted octanol–water partition coefficient (Wildman–Crippen LogP) is 4.53. The molecule has 4 aromatic rings. The second-order valence-corrected chi connectivity index (χ2v) is 8.31. The van der Waals surface area contributed by atoms with Crippen LogP contribution in [0.15, 0.2) is 65.5 Å². The number of pyridine rings is 1. The molecule has 172 valence electrons. The Hall–Kier alpha value is -3.91. The SMILES string of the molecule is CN(C(=O)c1ccc(-c2cccc(F)c2)cc1)[C@H]1CNCc2[nH]c(=O)c3cc(F)c(F)cc3c21. The molecule has 2 heterocycles. The molecule has 1 aliphatic heterocycles. The molecule has 5 nitrogen and oxygen atoms in total. The van der Waals surface area contributed by atoms with E-state index >= 15 is 0 Å². The number of likely N-dealkylation sites (N-methyl/N-ethyl adjacent to an activating group) is 1. The lowest BCUT2D eigenvalue weighted by atomic mass is 9.93. The first kappa shape index (κ1) is 21.9. The summed E-state index contributed by atoms with van der Waals surface area (Å²) in [5.74, 6) is -2.79. The summed E-state index contributed by atoms with van der Waals surface area (Å²) in [4.78, 5) is 30.0. The van der Waals surface area contributed by atoms with Gasteiger partial charge in [0, 0.05) is 37.0 Å². The summed E-state index contributed by atoms with van der Waals surface area (Å²) in [6.07, 6.45) is 0. The lowest BCUT2D eigenvalue weighted by Crippen LogP contribution is -2.42. The molecule has 0 unspecified atom stereocenters.